The third-order valence-corrected chi connectivity index (χ3v) is 4.85. The number of piperidine rings is 1. The highest BCUT2D eigenvalue weighted by Crippen LogP contribution is 2.23. The fourth-order valence-electron chi connectivity index (χ4n) is 3.62. The zero-order chi connectivity index (χ0) is 17.1. The number of carbonyl (C=O) groups is 1. The first kappa shape index (κ1) is 16.7. The second-order valence-corrected chi connectivity index (χ2v) is 6.64. The molecule has 130 valence electrons. The van der Waals surface area contributed by atoms with Crippen LogP contribution in [-0.4, -0.2) is 43.2 Å². The fourth-order valence-corrected chi connectivity index (χ4v) is 3.62. The van der Waals surface area contributed by atoms with E-state index in [9.17, 15) is 4.79 Å². The van der Waals surface area contributed by atoms with Crippen LogP contribution in [0.25, 0.3) is 0 Å². The molecule has 6 heteroatoms. The first-order valence-corrected chi connectivity index (χ1v) is 8.89. The van der Waals surface area contributed by atoms with E-state index < -0.39 is 0 Å². The first-order chi connectivity index (χ1) is 11.6. The Balaban J connectivity index is 1.60. The molecule has 0 unspecified atom stereocenters. The lowest BCUT2D eigenvalue weighted by Gasteiger charge is -2.34. The van der Waals surface area contributed by atoms with Crippen molar-refractivity contribution >= 4 is 5.91 Å². The number of rotatable bonds is 5. The number of likely N-dealkylation sites (tertiary alicyclic amines) is 1. The standard InChI is InChI=1S/C18H27N5O/c1-4-17-19-8-11-22(17)16-6-5-9-21(13-16)18(24)7-10-23-15(3)12-14(2)20-23/h8,11-12,16H,4-7,9-10,13H2,1-3H3/t16-/m1/s1. The minimum Gasteiger partial charge on any atom is -0.341 e. The van der Waals surface area contributed by atoms with Gasteiger partial charge in [0, 0.05) is 50.6 Å². The molecular formula is C18H27N5O. The van der Waals surface area contributed by atoms with Gasteiger partial charge in [-0.3, -0.25) is 9.48 Å². The molecule has 6 nitrogen and oxygen atoms in total. The Morgan fingerprint density at radius 2 is 2.21 bits per heavy atom. The van der Waals surface area contributed by atoms with Crippen LogP contribution in [0.3, 0.4) is 0 Å². The number of hydrogen-bond donors (Lipinski definition) is 0. The third kappa shape index (κ3) is 3.52. The van der Waals surface area contributed by atoms with E-state index in [1.165, 1.54) is 0 Å². The van der Waals surface area contributed by atoms with Gasteiger partial charge in [-0.25, -0.2) is 4.98 Å². The van der Waals surface area contributed by atoms with Gasteiger partial charge in [-0.05, 0) is 32.8 Å². The van der Waals surface area contributed by atoms with Gasteiger partial charge < -0.3 is 9.47 Å². The van der Waals surface area contributed by atoms with Crippen LogP contribution in [0.4, 0.5) is 0 Å². The maximum absolute atomic E-state index is 12.6. The Labute approximate surface area is 143 Å². The molecule has 0 radical (unpaired) electrons. The smallest absolute Gasteiger partial charge is 0.224 e. The number of nitrogens with zero attached hydrogens (tertiary/aromatic N) is 5. The molecule has 24 heavy (non-hydrogen) atoms. The Kier molecular flexibility index (Phi) is 5.02. The van der Waals surface area contributed by atoms with E-state index >= 15 is 0 Å². The summed E-state index contributed by atoms with van der Waals surface area (Å²) in [6.07, 6.45) is 7.52. The van der Waals surface area contributed by atoms with Gasteiger partial charge in [-0.2, -0.15) is 5.10 Å². The van der Waals surface area contributed by atoms with Crippen LogP contribution >= 0.6 is 0 Å². The van der Waals surface area contributed by atoms with E-state index in [4.69, 9.17) is 0 Å². The summed E-state index contributed by atoms with van der Waals surface area (Å²) in [5.41, 5.74) is 2.12. The number of aryl methyl sites for hydroxylation is 4. The summed E-state index contributed by atoms with van der Waals surface area (Å²) in [7, 11) is 0. The molecule has 1 fully saturated rings. The van der Waals surface area contributed by atoms with Crippen molar-refractivity contribution in [3.63, 3.8) is 0 Å². The molecule has 1 aliphatic heterocycles. The number of carbonyl (C=O) groups excluding carboxylic acids is 1. The average Bonchev–Trinajstić information content (AvgIpc) is 3.18. The van der Waals surface area contributed by atoms with Gasteiger partial charge in [0.1, 0.15) is 5.82 Å². The molecule has 2 aromatic rings. The third-order valence-electron chi connectivity index (χ3n) is 4.85. The summed E-state index contributed by atoms with van der Waals surface area (Å²) in [6.45, 7) is 8.45. The maximum Gasteiger partial charge on any atom is 0.224 e. The lowest BCUT2D eigenvalue weighted by Crippen LogP contribution is -2.41. The molecule has 1 saturated heterocycles. The van der Waals surface area contributed by atoms with Crippen LogP contribution < -0.4 is 0 Å². The number of aromatic nitrogens is 4. The van der Waals surface area contributed by atoms with Crippen molar-refractivity contribution in [3.8, 4) is 0 Å². The van der Waals surface area contributed by atoms with Gasteiger partial charge in [0.25, 0.3) is 0 Å². The molecule has 0 bridgehead atoms. The second kappa shape index (κ2) is 7.20. The molecule has 1 amide bonds. The van der Waals surface area contributed by atoms with Gasteiger partial charge >= 0.3 is 0 Å². The molecule has 0 spiro atoms. The summed E-state index contributed by atoms with van der Waals surface area (Å²) in [6, 6.07) is 2.40. The van der Waals surface area contributed by atoms with Crippen LogP contribution in [0.2, 0.25) is 0 Å². The Morgan fingerprint density at radius 1 is 1.38 bits per heavy atom. The zero-order valence-corrected chi connectivity index (χ0v) is 14.9. The van der Waals surface area contributed by atoms with Gasteiger partial charge in [0.05, 0.1) is 11.7 Å². The van der Waals surface area contributed by atoms with Gasteiger partial charge in [0.15, 0.2) is 0 Å². The van der Waals surface area contributed by atoms with E-state index in [-0.39, 0.29) is 5.91 Å². The molecular weight excluding hydrogens is 302 g/mol. The van der Waals surface area contributed by atoms with Crippen molar-refractivity contribution in [2.75, 3.05) is 13.1 Å². The van der Waals surface area contributed by atoms with Crippen LogP contribution in [0.1, 0.15) is 49.4 Å². The van der Waals surface area contributed by atoms with Crippen LogP contribution in [0.15, 0.2) is 18.5 Å². The molecule has 2 aromatic heterocycles. The molecule has 3 rings (SSSR count). The normalized spacial score (nSPS) is 18.1. The summed E-state index contributed by atoms with van der Waals surface area (Å²) in [5.74, 6) is 1.34. The zero-order valence-electron chi connectivity index (χ0n) is 14.9. The molecule has 0 aromatic carbocycles. The Morgan fingerprint density at radius 3 is 2.92 bits per heavy atom. The van der Waals surface area contributed by atoms with Crippen molar-refractivity contribution < 1.29 is 4.79 Å². The predicted molar refractivity (Wildman–Crippen MR) is 92.8 cm³/mol. The van der Waals surface area contributed by atoms with Crippen LogP contribution in [0, 0.1) is 13.8 Å². The van der Waals surface area contributed by atoms with Crippen molar-refractivity contribution in [1.29, 1.82) is 0 Å². The first-order valence-electron chi connectivity index (χ1n) is 8.89. The highest BCUT2D eigenvalue weighted by atomic mass is 16.2. The topological polar surface area (TPSA) is 56.0 Å². The van der Waals surface area contributed by atoms with Crippen LogP contribution in [0.5, 0.6) is 0 Å². The minimum absolute atomic E-state index is 0.227. The van der Waals surface area contributed by atoms with Crippen molar-refractivity contribution in [3.05, 3.63) is 35.7 Å². The average molecular weight is 329 g/mol. The van der Waals surface area contributed by atoms with Crippen molar-refractivity contribution in [2.24, 2.45) is 0 Å². The summed E-state index contributed by atoms with van der Waals surface area (Å²) >= 11 is 0. The summed E-state index contributed by atoms with van der Waals surface area (Å²) < 4.78 is 4.18. The lowest BCUT2D eigenvalue weighted by atomic mass is 10.0. The number of imidazole rings is 1. The summed E-state index contributed by atoms with van der Waals surface area (Å²) in [4.78, 5) is 19.0. The minimum atomic E-state index is 0.227. The Bertz CT molecular complexity index is 702. The molecule has 1 atom stereocenters. The predicted octanol–water partition coefficient (Wildman–Crippen LogP) is 2.51. The highest BCUT2D eigenvalue weighted by molar-refractivity contribution is 5.76. The van der Waals surface area contributed by atoms with Crippen molar-refractivity contribution in [2.45, 2.75) is 59.0 Å². The largest absolute Gasteiger partial charge is 0.341 e. The quantitative estimate of drug-likeness (QED) is 0.847. The lowest BCUT2D eigenvalue weighted by molar-refractivity contribution is -0.133. The SMILES string of the molecule is CCc1nccn1[C@@H]1CCCN(C(=O)CCn2nc(C)cc2C)C1. The van der Waals surface area contributed by atoms with Gasteiger partial charge in [-0.1, -0.05) is 6.92 Å². The number of hydrogen-bond acceptors (Lipinski definition) is 3. The molecule has 0 aliphatic carbocycles. The molecule has 0 saturated carbocycles. The van der Waals surface area contributed by atoms with E-state index in [1.54, 1.807) is 0 Å². The molecule has 1 aliphatic rings. The maximum atomic E-state index is 12.6. The molecule has 0 N–H and O–H groups in total. The van der Waals surface area contributed by atoms with Crippen LogP contribution in [-0.2, 0) is 17.8 Å². The highest BCUT2D eigenvalue weighted by Gasteiger charge is 2.25. The molecule has 3 heterocycles. The monoisotopic (exact) mass is 329 g/mol. The van der Waals surface area contributed by atoms with Gasteiger partial charge in [-0.15, -0.1) is 0 Å². The number of amides is 1. The van der Waals surface area contributed by atoms with E-state index in [1.807, 2.05) is 41.9 Å². The van der Waals surface area contributed by atoms with E-state index in [2.05, 4.69) is 21.6 Å². The second-order valence-electron chi connectivity index (χ2n) is 6.64. The Hall–Kier alpha value is -2.11. The van der Waals surface area contributed by atoms with Gasteiger partial charge in [0.2, 0.25) is 5.91 Å². The van der Waals surface area contributed by atoms with E-state index in [0.717, 1.165) is 49.6 Å². The summed E-state index contributed by atoms with van der Waals surface area (Å²) in [5, 5.41) is 4.44. The van der Waals surface area contributed by atoms with E-state index in [0.29, 0.717) is 19.0 Å². The van der Waals surface area contributed by atoms with Crippen molar-refractivity contribution in [1.82, 2.24) is 24.2 Å². The fraction of sp³-hybridized carbons (Fsp3) is 0.611.